The molecular weight excluding hydrogens is 186 g/mol. The highest BCUT2D eigenvalue weighted by Gasteiger charge is 2.32. The van der Waals surface area contributed by atoms with Gasteiger partial charge in [-0.05, 0) is 39.2 Å². The van der Waals surface area contributed by atoms with Gasteiger partial charge in [-0.15, -0.1) is 0 Å². The Morgan fingerprint density at radius 1 is 1.20 bits per heavy atom. The molecule has 0 radical (unpaired) electrons. The van der Waals surface area contributed by atoms with Gasteiger partial charge in [-0.3, -0.25) is 0 Å². The summed E-state index contributed by atoms with van der Waals surface area (Å²) in [6.45, 7) is 12.2. The largest absolute Gasteiger partial charge is 0.377 e. The zero-order valence-corrected chi connectivity index (χ0v) is 11.4. The summed E-state index contributed by atoms with van der Waals surface area (Å²) in [5, 5.41) is 3.62. The molecule has 0 bridgehead atoms. The molecular formula is C13H29NO. The van der Waals surface area contributed by atoms with Crippen molar-refractivity contribution in [3.8, 4) is 0 Å². The molecule has 0 heterocycles. The molecule has 0 fully saturated rings. The Hall–Kier alpha value is -0.0800. The lowest BCUT2D eigenvalue weighted by atomic mass is 9.85. The number of nitrogens with one attached hydrogen (secondary N) is 1. The number of hydrogen-bond acceptors (Lipinski definition) is 2. The molecule has 0 saturated carbocycles. The van der Waals surface area contributed by atoms with Gasteiger partial charge in [-0.25, -0.2) is 0 Å². The van der Waals surface area contributed by atoms with E-state index in [1.54, 1.807) is 7.11 Å². The molecule has 0 spiro atoms. The molecule has 1 N–H and O–H groups in total. The van der Waals surface area contributed by atoms with Crippen LogP contribution in [0.15, 0.2) is 0 Å². The maximum atomic E-state index is 5.60. The maximum Gasteiger partial charge on any atom is 0.0777 e. The minimum Gasteiger partial charge on any atom is -0.377 e. The van der Waals surface area contributed by atoms with Crippen molar-refractivity contribution in [2.45, 2.75) is 65.5 Å². The van der Waals surface area contributed by atoms with Gasteiger partial charge in [0.25, 0.3) is 0 Å². The lowest BCUT2D eigenvalue weighted by molar-refractivity contribution is -0.0266. The third-order valence-electron chi connectivity index (χ3n) is 3.20. The molecule has 2 nitrogen and oxygen atoms in total. The van der Waals surface area contributed by atoms with E-state index in [0.29, 0.717) is 12.0 Å². The molecule has 15 heavy (non-hydrogen) atoms. The van der Waals surface area contributed by atoms with Crippen LogP contribution < -0.4 is 5.32 Å². The van der Waals surface area contributed by atoms with Crippen molar-refractivity contribution >= 4 is 0 Å². The van der Waals surface area contributed by atoms with Crippen LogP contribution in [0, 0.1) is 5.92 Å². The van der Waals surface area contributed by atoms with E-state index in [2.05, 4.69) is 39.9 Å². The average molecular weight is 215 g/mol. The van der Waals surface area contributed by atoms with E-state index in [9.17, 15) is 0 Å². The molecule has 0 aliphatic heterocycles. The molecule has 0 aromatic heterocycles. The Morgan fingerprint density at radius 2 is 1.80 bits per heavy atom. The molecule has 0 aliphatic rings. The maximum absolute atomic E-state index is 5.60. The smallest absolute Gasteiger partial charge is 0.0777 e. The summed E-state index contributed by atoms with van der Waals surface area (Å²) in [5.41, 5.74) is -0.0796. The summed E-state index contributed by atoms with van der Waals surface area (Å²) in [5.74, 6) is 0.663. The highest BCUT2D eigenvalue weighted by molar-refractivity contribution is 4.88. The number of ether oxygens (including phenoxy) is 1. The first-order valence-electron chi connectivity index (χ1n) is 6.28. The molecule has 0 aliphatic carbocycles. The molecule has 0 aromatic carbocycles. The third-order valence-corrected chi connectivity index (χ3v) is 3.20. The summed E-state index contributed by atoms with van der Waals surface area (Å²) >= 11 is 0. The van der Waals surface area contributed by atoms with Crippen LogP contribution in [0.1, 0.15) is 53.9 Å². The van der Waals surface area contributed by atoms with Gasteiger partial charge in [0.1, 0.15) is 0 Å². The molecule has 0 rings (SSSR count). The fourth-order valence-electron chi connectivity index (χ4n) is 2.18. The van der Waals surface area contributed by atoms with Gasteiger partial charge in [0.15, 0.2) is 0 Å². The van der Waals surface area contributed by atoms with Gasteiger partial charge >= 0.3 is 0 Å². The molecule has 92 valence electrons. The second-order valence-corrected chi connectivity index (χ2v) is 5.01. The lowest BCUT2D eigenvalue weighted by Gasteiger charge is -2.38. The highest BCUT2D eigenvalue weighted by atomic mass is 16.5. The standard InChI is InChI=1S/C13H29NO/c1-7-9-11(3)12(14-10-8-2)13(4,5)15-6/h11-12,14H,7-10H2,1-6H3. The Morgan fingerprint density at radius 3 is 2.20 bits per heavy atom. The summed E-state index contributed by atoms with van der Waals surface area (Å²) < 4.78 is 5.60. The van der Waals surface area contributed by atoms with Crippen LogP contribution >= 0.6 is 0 Å². The predicted octanol–water partition coefficient (Wildman–Crippen LogP) is 3.22. The zero-order valence-electron chi connectivity index (χ0n) is 11.4. The number of rotatable bonds is 8. The SMILES string of the molecule is CCCNC(C(C)CCC)C(C)(C)OC. The first-order valence-corrected chi connectivity index (χ1v) is 6.28. The third kappa shape index (κ3) is 4.98. The van der Waals surface area contributed by atoms with Crippen molar-refractivity contribution in [1.29, 1.82) is 0 Å². The van der Waals surface area contributed by atoms with Crippen molar-refractivity contribution in [1.82, 2.24) is 5.32 Å². The highest BCUT2D eigenvalue weighted by Crippen LogP contribution is 2.23. The van der Waals surface area contributed by atoms with Crippen LogP contribution in [0.25, 0.3) is 0 Å². The van der Waals surface area contributed by atoms with Crippen LogP contribution in [-0.4, -0.2) is 25.3 Å². The normalized spacial score (nSPS) is 16.4. The Labute approximate surface area is 95.8 Å². The lowest BCUT2D eigenvalue weighted by Crippen LogP contribution is -2.52. The number of methoxy groups -OCH3 is 1. The van der Waals surface area contributed by atoms with Crippen LogP contribution in [0.5, 0.6) is 0 Å². The van der Waals surface area contributed by atoms with E-state index in [1.165, 1.54) is 19.3 Å². The van der Waals surface area contributed by atoms with Crippen LogP contribution in [0.2, 0.25) is 0 Å². The van der Waals surface area contributed by atoms with E-state index in [0.717, 1.165) is 6.54 Å². The van der Waals surface area contributed by atoms with Crippen molar-refractivity contribution in [2.75, 3.05) is 13.7 Å². The monoisotopic (exact) mass is 215 g/mol. The van der Waals surface area contributed by atoms with Crippen LogP contribution in [0.3, 0.4) is 0 Å². The Bertz CT molecular complexity index is 157. The zero-order chi connectivity index (χ0) is 11.9. The van der Waals surface area contributed by atoms with Gasteiger partial charge in [0.05, 0.1) is 5.60 Å². The van der Waals surface area contributed by atoms with Crippen molar-refractivity contribution in [2.24, 2.45) is 5.92 Å². The molecule has 2 heteroatoms. The van der Waals surface area contributed by atoms with Crippen LogP contribution in [0.4, 0.5) is 0 Å². The summed E-state index contributed by atoms with van der Waals surface area (Å²) in [7, 11) is 1.80. The molecule has 0 amide bonds. The topological polar surface area (TPSA) is 21.3 Å². The average Bonchev–Trinajstić information content (AvgIpc) is 2.18. The Balaban J connectivity index is 4.41. The minimum atomic E-state index is -0.0796. The molecule has 0 aromatic rings. The summed E-state index contributed by atoms with van der Waals surface area (Å²) in [6.07, 6.45) is 3.68. The fourth-order valence-corrected chi connectivity index (χ4v) is 2.18. The quantitative estimate of drug-likeness (QED) is 0.671. The summed E-state index contributed by atoms with van der Waals surface area (Å²) in [4.78, 5) is 0. The van der Waals surface area contributed by atoms with E-state index in [1.807, 2.05) is 0 Å². The van der Waals surface area contributed by atoms with Crippen molar-refractivity contribution in [3.05, 3.63) is 0 Å². The first kappa shape index (κ1) is 14.9. The van der Waals surface area contributed by atoms with Crippen LogP contribution in [-0.2, 0) is 4.74 Å². The van der Waals surface area contributed by atoms with E-state index in [4.69, 9.17) is 4.74 Å². The van der Waals surface area contributed by atoms with Gasteiger partial charge in [-0.1, -0.05) is 27.2 Å². The Kier molecular flexibility index (Phi) is 7.20. The predicted molar refractivity (Wildman–Crippen MR) is 67.2 cm³/mol. The molecule has 2 unspecified atom stereocenters. The molecule has 0 saturated heterocycles. The minimum absolute atomic E-state index is 0.0796. The first-order chi connectivity index (χ1) is 6.99. The second kappa shape index (κ2) is 7.24. The van der Waals surface area contributed by atoms with E-state index < -0.39 is 0 Å². The van der Waals surface area contributed by atoms with Gasteiger partial charge in [0, 0.05) is 13.2 Å². The van der Waals surface area contributed by atoms with Gasteiger partial charge in [-0.2, -0.15) is 0 Å². The van der Waals surface area contributed by atoms with Gasteiger partial charge < -0.3 is 10.1 Å². The van der Waals surface area contributed by atoms with Gasteiger partial charge in [0.2, 0.25) is 0 Å². The van der Waals surface area contributed by atoms with E-state index in [-0.39, 0.29) is 5.60 Å². The fraction of sp³-hybridized carbons (Fsp3) is 1.00. The van der Waals surface area contributed by atoms with E-state index >= 15 is 0 Å². The van der Waals surface area contributed by atoms with Crippen molar-refractivity contribution < 1.29 is 4.74 Å². The second-order valence-electron chi connectivity index (χ2n) is 5.01. The van der Waals surface area contributed by atoms with Crippen molar-refractivity contribution in [3.63, 3.8) is 0 Å². The summed E-state index contributed by atoms with van der Waals surface area (Å²) in [6, 6.07) is 0.447. The number of hydrogen-bond donors (Lipinski definition) is 1. The molecule has 2 atom stereocenters.